The predicted octanol–water partition coefficient (Wildman–Crippen LogP) is 6.10. The lowest BCUT2D eigenvalue weighted by atomic mass is 9.48. The van der Waals surface area contributed by atoms with E-state index in [9.17, 15) is 4.39 Å². The quantitative estimate of drug-likeness (QED) is 0.629. The van der Waals surface area contributed by atoms with E-state index in [1.165, 1.54) is 56.2 Å². The third-order valence-electron chi connectivity index (χ3n) is 6.90. The van der Waals surface area contributed by atoms with Gasteiger partial charge in [-0.2, -0.15) is 0 Å². The molecule has 2 aromatic carbocycles. The molecule has 4 aliphatic rings. The fourth-order valence-electron chi connectivity index (χ4n) is 6.20. The highest BCUT2D eigenvalue weighted by atomic mass is 32.1. The molecule has 0 atom stereocenters. The van der Waals surface area contributed by atoms with Crippen molar-refractivity contribution in [2.45, 2.75) is 43.9 Å². The summed E-state index contributed by atoms with van der Waals surface area (Å²) in [5.41, 5.74) is 3.71. The highest BCUT2D eigenvalue weighted by Gasteiger charge is 2.51. The number of hydrogen-bond donors (Lipinski definition) is 2. The van der Waals surface area contributed by atoms with E-state index in [4.69, 9.17) is 12.2 Å². The Kier molecular flexibility index (Phi) is 4.19. The van der Waals surface area contributed by atoms with Gasteiger partial charge in [0.1, 0.15) is 5.82 Å². The van der Waals surface area contributed by atoms with Crippen LogP contribution in [-0.2, 0) is 5.41 Å². The van der Waals surface area contributed by atoms with Gasteiger partial charge in [-0.25, -0.2) is 4.39 Å². The maximum Gasteiger partial charge on any atom is 0.175 e. The van der Waals surface area contributed by atoms with Crippen LogP contribution in [0.1, 0.15) is 44.1 Å². The summed E-state index contributed by atoms with van der Waals surface area (Å²) in [5, 5.41) is 6.84. The first-order chi connectivity index (χ1) is 13.1. The van der Waals surface area contributed by atoms with Gasteiger partial charge in [0.25, 0.3) is 0 Å². The van der Waals surface area contributed by atoms with E-state index in [0.717, 1.165) is 29.1 Å². The van der Waals surface area contributed by atoms with Crippen LogP contribution in [0.25, 0.3) is 0 Å². The largest absolute Gasteiger partial charge is 0.332 e. The van der Waals surface area contributed by atoms with Crippen LogP contribution < -0.4 is 10.6 Å². The van der Waals surface area contributed by atoms with E-state index in [1.54, 1.807) is 12.1 Å². The van der Waals surface area contributed by atoms with Gasteiger partial charge in [-0.1, -0.05) is 12.1 Å². The van der Waals surface area contributed by atoms with Gasteiger partial charge in [0.15, 0.2) is 5.11 Å². The monoisotopic (exact) mass is 380 g/mol. The molecule has 0 radical (unpaired) electrons. The van der Waals surface area contributed by atoms with Crippen molar-refractivity contribution in [2.24, 2.45) is 17.8 Å². The zero-order valence-corrected chi connectivity index (χ0v) is 16.2. The maximum absolute atomic E-state index is 13.0. The van der Waals surface area contributed by atoms with E-state index < -0.39 is 0 Å². The molecule has 2 N–H and O–H groups in total. The number of hydrogen-bond acceptors (Lipinski definition) is 1. The van der Waals surface area contributed by atoms with Gasteiger partial charge in [0, 0.05) is 11.4 Å². The Bertz CT molecular complexity index is 808. The normalized spacial score (nSPS) is 30.9. The molecule has 4 fully saturated rings. The number of thiocarbonyl (C=S) groups is 1. The summed E-state index contributed by atoms with van der Waals surface area (Å²) >= 11 is 5.38. The second-order valence-electron chi connectivity index (χ2n) is 8.86. The van der Waals surface area contributed by atoms with Crippen LogP contribution in [-0.4, -0.2) is 5.11 Å². The molecule has 2 aromatic rings. The third kappa shape index (κ3) is 3.36. The second-order valence-corrected chi connectivity index (χ2v) is 9.27. The molecule has 0 amide bonds. The van der Waals surface area contributed by atoms with E-state index >= 15 is 0 Å². The maximum atomic E-state index is 13.0. The van der Waals surface area contributed by atoms with Crippen molar-refractivity contribution in [2.75, 3.05) is 10.6 Å². The summed E-state index contributed by atoms with van der Waals surface area (Å²) in [5.74, 6) is 2.63. The molecule has 4 saturated carbocycles. The fraction of sp³-hybridized carbons (Fsp3) is 0.435. The summed E-state index contributed by atoms with van der Waals surface area (Å²) in [6.45, 7) is 0. The molecule has 0 aliphatic heterocycles. The zero-order chi connectivity index (χ0) is 18.4. The molecule has 27 heavy (non-hydrogen) atoms. The van der Waals surface area contributed by atoms with Crippen molar-refractivity contribution in [3.05, 3.63) is 59.9 Å². The summed E-state index contributed by atoms with van der Waals surface area (Å²) in [6.07, 6.45) is 8.58. The van der Waals surface area contributed by atoms with Gasteiger partial charge in [0.05, 0.1) is 0 Å². The lowest BCUT2D eigenvalue weighted by Gasteiger charge is -2.57. The van der Waals surface area contributed by atoms with Crippen LogP contribution in [0.2, 0.25) is 0 Å². The SMILES string of the molecule is Fc1ccc(NC(=S)Nc2ccc(C34CC5CC(CC(C5)C3)C4)cc2)cc1. The van der Waals surface area contributed by atoms with Gasteiger partial charge in [-0.3, -0.25) is 0 Å². The lowest BCUT2D eigenvalue weighted by Crippen LogP contribution is -2.48. The van der Waals surface area contributed by atoms with Crippen LogP contribution >= 0.6 is 12.2 Å². The molecule has 4 bridgehead atoms. The Morgan fingerprint density at radius 3 is 1.70 bits per heavy atom. The van der Waals surface area contributed by atoms with Crippen molar-refractivity contribution < 1.29 is 4.39 Å². The molecule has 140 valence electrons. The molecule has 4 heteroatoms. The smallest absolute Gasteiger partial charge is 0.175 e. The Balaban J connectivity index is 1.27. The van der Waals surface area contributed by atoms with Gasteiger partial charge in [-0.15, -0.1) is 0 Å². The van der Waals surface area contributed by atoms with E-state index in [2.05, 4.69) is 34.9 Å². The van der Waals surface area contributed by atoms with Crippen molar-refractivity contribution in [1.82, 2.24) is 0 Å². The summed E-state index contributed by atoms with van der Waals surface area (Å²) < 4.78 is 13.0. The highest BCUT2D eigenvalue weighted by molar-refractivity contribution is 7.80. The van der Waals surface area contributed by atoms with Gasteiger partial charge in [0.2, 0.25) is 0 Å². The molecule has 0 unspecified atom stereocenters. The zero-order valence-electron chi connectivity index (χ0n) is 15.4. The molecule has 0 spiro atoms. The van der Waals surface area contributed by atoms with Crippen LogP contribution in [0, 0.1) is 23.6 Å². The molecule has 0 saturated heterocycles. The van der Waals surface area contributed by atoms with Gasteiger partial charge < -0.3 is 10.6 Å². The second kappa shape index (κ2) is 6.59. The minimum absolute atomic E-state index is 0.250. The average molecular weight is 381 g/mol. The Labute approximate surface area is 165 Å². The predicted molar refractivity (Wildman–Crippen MR) is 113 cm³/mol. The number of nitrogens with one attached hydrogen (secondary N) is 2. The topological polar surface area (TPSA) is 24.1 Å². The van der Waals surface area contributed by atoms with E-state index in [0.29, 0.717) is 10.5 Å². The van der Waals surface area contributed by atoms with Crippen LogP contribution in [0.4, 0.5) is 15.8 Å². The molecular formula is C23H25FN2S. The minimum Gasteiger partial charge on any atom is -0.332 e. The Hall–Kier alpha value is -1.94. The first kappa shape index (κ1) is 17.2. The average Bonchev–Trinajstić information content (AvgIpc) is 2.63. The van der Waals surface area contributed by atoms with E-state index in [-0.39, 0.29) is 5.82 Å². The number of halogens is 1. The molecule has 0 aromatic heterocycles. The van der Waals surface area contributed by atoms with Gasteiger partial charge >= 0.3 is 0 Å². The third-order valence-corrected chi connectivity index (χ3v) is 7.10. The molecule has 6 rings (SSSR count). The molecular weight excluding hydrogens is 355 g/mol. The lowest BCUT2D eigenvalue weighted by molar-refractivity contribution is -0.00518. The number of anilines is 2. The molecule has 0 heterocycles. The van der Waals surface area contributed by atoms with Crippen molar-refractivity contribution in [3.63, 3.8) is 0 Å². The number of benzene rings is 2. The van der Waals surface area contributed by atoms with Crippen molar-refractivity contribution in [1.29, 1.82) is 0 Å². The van der Waals surface area contributed by atoms with Gasteiger partial charge in [-0.05, 0) is 116 Å². The molecule has 4 aliphatic carbocycles. The summed E-state index contributed by atoms with van der Waals surface area (Å²) in [4.78, 5) is 0. The van der Waals surface area contributed by atoms with Crippen LogP contribution in [0.5, 0.6) is 0 Å². The molecule has 2 nitrogen and oxygen atoms in total. The first-order valence-corrected chi connectivity index (χ1v) is 10.4. The minimum atomic E-state index is -0.250. The van der Waals surface area contributed by atoms with Crippen LogP contribution in [0.3, 0.4) is 0 Å². The number of rotatable bonds is 3. The standard InChI is InChI=1S/C23H25FN2S/c24-19-3-7-21(8-4-19)26-22(27)25-20-5-1-18(2-6-20)23-12-15-9-16(13-23)11-17(10-15)14-23/h1-8,15-17H,9-14H2,(H2,25,26,27). The van der Waals surface area contributed by atoms with Crippen LogP contribution in [0.15, 0.2) is 48.5 Å². The Morgan fingerprint density at radius 2 is 1.22 bits per heavy atom. The first-order valence-electron chi connectivity index (χ1n) is 10.0. The Morgan fingerprint density at radius 1 is 0.778 bits per heavy atom. The van der Waals surface area contributed by atoms with E-state index in [1.807, 2.05) is 0 Å². The fourth-order valence-corrected chi connectivity index (χ4v) is 6.43. The summed E-state index contributed by atoms with van der Waals surface area (Å²) in [7, 11) is 0. The van der Waals surface area contributed by atoms with Crippen molar-refractivity contribution >= 4 is 28.7 Å². The van der Waals surface area contributed by atoms with Crippen molar-refractivity contribution in [3.8, 4) is 0 Å². The summed E-state index contributed by atoms with van der Waals surface area (Å²) in [6, 6.07) is 15.1. The highest BCUT2D eigenvalue weighted by Crippen LogP contribution is 2.60.